The van der Waals surface area contributed by atoms with Gasteiger partial charge in [-0.05, 0) is 53.9 Å². The molecular weight excluding hydrogens is 365 g/mol. The molecule has 1 aliphatic rings. The van der Waals surface area contributed by atoms with Crippen LogP contribution in [0.5, 0.6) is 0 Å². The Labute approximate surface area is 141 Å². The third kappa shape index (κ3) is 6.13. The van der Waals surface area contributed by atoms with Gasteiger partial charge in [-0.25, -0.2) is 0 Å². The van der Waals surface area contributed by atoms with Gasteiger partial charge in [0.15, 0.2) is 5.96 Å². The summed E-state index contributed by atoms with van der Waals surface area (Å²) < 4.78 is 0. The van der Waals surface area contributed by atoms with Crippen molar-refractivity contribution in [2.24, 2.45) is 10.7 Å². The second-order valence-electron chi connectivity index (χ2n) is 6.21. The molecule has 0 aromatic rings. The van der Waals surface area contributed by atoms with E-state index in [0.717, 1.165) is 13.1 Å². The number of likely N-dealkylation sites (N-methyl/N-ethyl adjacent to an activating group) is 2. The van der Waals surface area contributed by atoms with Gasteiger partial charge in [-0.3, -0.25) is 9.89 Å². The van der Waals surface area contributed by atoms with Crippen LogP contribution in [0.25, 0.3) is 0 Å². The number of hydrogen-bond acceptors (Lipinski definition) is 3. The number of hydrogen-bond donors (Lipinski definition) is 2. The van der Waals surface area contributed by atoms with Crippen LogP contribution in [0.15, 0.2) is 4.99 Å². The van der Waals surface area contributed by atoms with E-state index >= 15 is 0 Å². The number of nitrogens with one attached hydrogen (secondary N) is 1. The van der Waals surface area contributed by atoms with Crippen LogP contribution >= 0.6 is 24.0 Å². The standard InChI is InChI=1S/C14H31N5.HI/c1-6-19-9-7-8-12(19)10-16-13(15)17-11-14(2,3)18(4)5;/h12H,6-11H2,1-5H3,(H3,15,16,17);1H. The first-order chi connectivity index (χ1) is 8.86. The fourth-order valence-corrected chi connectivity index (χ4v) is 2.24. The molecule has 1 atom stereocenters. The maximum atomic E-state index is 5.95. The number of halogens is 1. The van der Waals surface area contributed by atoms with E-state index in [1.165, 1.54) is 19.4 Å². The van der Waals surface area contributed by atoms with Crippen molar-refractivity contribution in [3.8, 4) is 0 Å². The first-order valence-electron chi connectivity index (χ1n) is 7.32. The predicted molar refractivity (Wildman–Crippen MR) is 97.9 cm³/mol. The summed E-state index contributed by atoms with van der Waals surface area (Å²) in [6.07, 6.45) is 2.56. The molecule has 1 rings (SSSR count). The van der Waals surface area contributed by atoms with Crippen molar-refractivity contribution in [2.45, 2.75) is 45.2 Å². The van der Waals surface area contributed by atoms with Crippen LogP contribution in [0.2, 0.25) is 0 Å². The van der Waals surface area contributed by atoms with E-state index in [2.05, 4.69) is 55.0 Å². The average Bonchev–Trinajstić information content (AvgIpc) is 2.81. The van der Waals surface area contributed by atoms with Crippen LogP contribution in [0.3, 0.4) is 0 Å². The Morgan fingerprint density at radius 1 is 1.45 bits per heavy atom. The van der Waals surface area contributed by atoms with Crippen molar-refractivity contribution in [1.29, 1.82) is 0 Å². The van der Waals surface area contributed by atoms with Gasteiger partial charge >= 0.3 is 0 Å². The van der Waals surface area contributed by atoms with Gasteiger partial charge in [0, 0.05) is 18.1 Å². The number of aliphatic imine (C=N–C) groups is 1. The van der Waals surface area contributed by atoms with Crippen molar-refractivity contribution >= 4 is 29.9 Å². The molecule has 1 unspecified atom stereocenters. The van der Waals surface area contributed by atoms with E-state index in [1.807, 2.05) is 0 Å². The van der Waals surface area contributed by atoms with E-state index < -0.39 is 0 Å². The number of likely N-dealkylation sites (tertiary alicyclic amines) is 1. The normalized spacial score (nSPS) is 21.1. The molecule has 5 nitrogen and oxygen atoms in total. The summed E-state index contributed by atoms with van der Waals surface area (Å²) in [5.41, 5.74) is 5.98. The van der Waals surface area contributed by atoms with E-state index in [1.54, 1.807) is 0 Å². The highest BCUT2D eigenvalue weighted by atomic mass is 127. The zero-order valence-corrected chi connectivity index (χ0v) is 16.0. The van der Waals surface area contributed by atoms with Crippen LogP contribution in [-0.4, -0.2) is 67.6 Å². The summed E-state index contributed by atoms with van der Waals surface area (Å²) in [5.74, 6) is 0.567. The molecule has 1 saturated heterocycles. The second kappa shape index (κ2) is 9.04. The molecule has 3 N–H and O–H groups in total. The monoisotopic (exact) mass is 397 g/mol. The minimum Gasteiger partial charge on any atom is -0.370 e. The molecule has 0 aliphatic carbocycles. The molecule has 6 heteroatoms. The van der Waals surface area contributed by atoms with Gasteiger partial charge in [-0.1, -0.05) is 6.92 Å². The van der Waals surface area contributed by atoms with Crippen molar-refractivity contribution < 1.29 is 0 Å². The highest BCUT2D eigenvalue weighted by Crippen LogP contribution is 2.15. The Kier molecular flexibility index (Phi) is 9.01. The van der Waals surface area contributed by atoms with Crippen molar-refractivity contribution in [3.05, 3.63) is 0 Å². The zero-order chi connectivity index (χ0) is 14.5. The number of rotatable bonds is 6. The molecule has 120 valence electrons. The zero-order valence-electron chi connectivity index (χ0n) is 13.6. The first-order valence-corrected chi connectivity index (χ1v) is 7.32. The second-order valence-corrected chi connectivity index (χ2v) is 6.21. The largest absolute Gasteiger partial charge is 0.370 e. The molecule has 1 heterocycles. The van der Waals surface area contributed by atoms with Gasteiger partial charge in [0.2, 0.25) is 0 Å². The van der Waals surface area contributed by atoms with Gasteiger partial charge in [0.25, 0.3) is 0 Å². The Bertz CT molecular complexity index is 304. The van der Waals surface area contributed by atoms with Crippen molar-refractivity contribution in [2.75, 3.05) is 40.3 Å². The summed E-state index contributed by atoms with van der Waals surface area (Å²) in [7, 11) is 4.13. The molecular formula is C14H32IN5. The van der Waals surface area contributed by atoms with Gasteiger partial charge in [0.05, 0.1) is 6.54 Å². The molecule has 1 aliphatic heterocycles. The highest BCUT2D eigenvalue weighted by molar-refractivity contribution is 14.0. The van der Waals surface area contributed by atoms with Crippen molar-refractivity contribution in [1.82, 2.24) is 15.1 Å². The lowest BCUT2D eigenvalue weighted by atomic mass is 10.1. The van der Waals surface area contributed by atoms with E-state index in [9.17, 15) is 0 Å². The Morgan fingerprint density at radius 2 is 2.10 bits per heavy atom. The molecule has 20 heavy (non-hydrogen) atoms. The lowest BCUT2D eigenvalue weighted by Gasteiger charge is -2.31. The summed E-state index contributed by atoms with van der Waals surface area (Å²) in [5, 5.41) is 3.27. The smallest absolute Gasteiger partial charge is 0.188 e. The van der Waals surface area contributed by atoms with Gasteiger partial charge in [0.1, 0.15) is 0 Å². The molecule has 0 radical (unpaired) electrons. The Balaban J connectivity index is 0.00000361. The van der Waals surface area contributed by atoms with Crippen LogP contribution in [0.4, 0.5) is 0 Å². The van der Waals surface area contributed by atoms with Crippen LogP contribution in [-0.2, 0) is 0 Å². The molecule has 0 spiro atoms. The molecule has 1 fully saturated rings. The minimum absolute atomic E-state index is 0. The van der Waals surface area contributed by atoms with Crippen LogP contribution < -0.4 is 11.1 Å². The van der Waals surface area contributed by atoms with Gasteiger partial charge in [-0.15, -0.1) is 24.0 Å². The molecule has 0 amide bonds. The third-order valence-electron chi connectivity index (χ3n) is 4.27. The quantitative estimate of drug-likeness (QED) is 0.404. The Morgan fingerprint density at radius 3 is 2.65 bits per heavy atom. The molecule has 0 bridgehead atoms. The first kappa shape index (κ1) is 19.9. The third-order valence-corrected chi connectivity index (χ3v) is 4.27. The van der Waals surface area contributed by atoms with Gasteiger partial charge < -0.3 is 16.0 Å². The maximum absolute atomic E-state index is 5.95. The fourth-order valence-electron chi connectivity index (χ4n) is 2.24. The average molecular weight is 397 g/mol. The molecule has 0 aromatic heterocycles. The number of guanidine groups is 1. The summed E-state index contributed by atoms with van der Waals surface area (Å²) >= 11 is 0. The fraction of sp³-hybridized carbons (Fsp3) is 0.929. The van der Waals surface area contributed by atoms with Crippen molar-refractivity contribution in [3.63, 3.8) is 0 Å². The number of nitrogens with two attached hydrogens (primary N) is 1. The maximum Gasteiger partial charge on any atom is 0.188 e. The predicted octanol–water partition coefficient (Wildman–Crippen LogP) is 1.33. The van der Waals surface area contributed by atoms with E-state index in [4.69, 9.17) is 5.73 Å². The minimum atomic E-state index is 0. The summed E-state index contributed by atoms with van der Waals surface area (Å²) in [6, 6.07) is 0.612. The van der Waals surface area contributed by atoms with E-state index in [-0.39, 0.29) is 29.5 Å². The molecule has 0 saturated carbocycles. The lowest BCUT2D eigenvalue weighted by Crippen LogP contribution is -2.45. The molecule has 0 aromatic carbocycles. The summed E-state index contributed by atoms with van der Waals surface area (Å²) in [4.78, 5) is 9.12. The van der Waals surface area contributed by atoms with Crippen LogP contribution in [0, 0.1) is 0 Å². The lowest BCUT2D eigenvalue weighted by molar-refractivity contribution is 0.205. The van der Waals surface area contributed by atoms with Gasteiger partial charge in [-0.2, -0.15) is 0 Å². The Hall–Kier alpha value is -0.0800. The van der Waals surface area contributed by atoms with Crippen LogP contribution in [0.1, 0.15) is 33.6 Å². The topological polar surface area (TPSA) is 56.9 Å². The SMILES string of the molecule is CCN1CCCC1CNC(N)=NCC(C)(C)N(C)C.I. The van der Waals surface area contributed by atoms with E-state index in [0.29, 0.717) is 18.5 Å². The highest BCUT2D eigenvalue weighted by Gasteiger charge is 2.23. The summed E-state index contributed by atoms with van der Waals surface area (Å²) in [6.45, 7) is 10.5. The number of nitrogens with zero attached hydrogens (tertiary/aromatic N) is 3.